The lowest BCUT2D eigenvalue weighted by molar-refractivity contribution is -0.445. The first kappa shape index (κ1) is 10.8. The van der Waals surface area contributed by atoms with E-state index in [0.717, 1.165) is 3.57 Å². The summed E-state index contributed by atoms with van der Waals surface area (Å²) in [7, 11) is 0. The van der Waals surface area contributed by atoms with Gasteiger partial charge in [0.1, 0.15) is 5.69 Å². The summed E-state index contributed by atoms with van der Waals surface area (Å²) >= 11 is 13.5. The van der Waals surface area contributed by atoms with Crippen molar-refractivity contribution in [2.24, 2.45) is 0 Å². The summed E-state index contributed by atoms with van der Waals surface area (Å²) in [4.78, 5) is 10.1. The Balaban J connectivity index is 3.13. The molecule has 0 unspecified atom stereocenters. The van der Waals surface area contributed by atoms with Gasteiger partial charge >= 0.3 is 0 Å². The highest BCUT2D eigenvalue weighted by atomic mass is 127. The van der Waals surface area contributed by atoms with Gasteiger partial charge in [-0.3, -0.25) is 0 Å². The summed E-state index contributed by atoms with van der Waals surface area (Å²) in [5.74, 6) is 0. The second-order valence-electron chi connectivity index (χ2n) is 2.11. The van der Waals surface area contributed by atoms with E-state index in [1.165, 1.54) is 0 Å². The molecule has 0 amide bonds. The third kappa shape index (κ3) is 2.85. The van der Waals surface area contributed by atoms with E-state index < -0.39 is 5.03 Å². The van der Waals surface area contributed by atoms with Gasteiger partial charge in [-0.1, -0.05) is 23.2 Å². The fourth-order valence-corrected chi connectivity index (χ4v) is 2.30. The van der Waals surface area contributed by atoms with Gasteiger partial charge in [0.2, 0.25) is 0 Å². The maximum absolute atomic E-state index is 10.1. The van der Waals surface area contributed by atoms with Crippen molar-refractivity contribution in [2.75, 3.05) is 5.43 Å². The van der Waals surface area contributed by atoms with Crippen LogP contribution >= 0.6 is 45.8 Å². The van der Waals surface area contributed by atoms with Crippen LogP contribution in [-0.4, -0.2) is 5.03 Å². The fourth-order valence-electron chi connectivity index (χ4n) is 0.740. The Morgan fingerprint density at radius 1 is 1.38 bits per heavy atom. The molecule has 0 radical (unpaired) electrons. The first-order valence-corrected chi connectivity index (χ1v) is 4.90. The molecule has 0 saturated heterocycles. The Morgan fingerprint density at radius 3 is 2.23 bits per heavy atom. The topological polar surface area (TPSA) is 55.2 Å². The molecule has 0 spiro atoms. The zero-order chi connectivity index (χ0) is 10.0. The molecule has 1 rings (SSSR count). The van der Waals surface area contributed by atoms with Crippen LogP contribution in [-0.2, 0) is 0 Å². The largest absolute Gasteiger partial charge is 0.235 e. The SMILES string of the molecule is O=[N+]([O-])Nc1c(Cl)cc(I)cc1Cl. The minimum Gasteiger partial charge on any atom is -0.235 e. The number of hydrazine groups is 1. The van der Waals surface area contributed by atoms with Crippen molar-refractivity contribution in [3.8, 4) is 0 Å². The molecule has 0 aliphatic rings. The second-order valence-corrected chi connectivity index (χ2v) is 4.17. The average Bonchev–Trinajstić information content (AvgIpc) is 1.96. The van der Waals surface area contributed by atoms with Gasteiger partial charge in [0, 0.05) is 3.57 Å². The average molecular weight is 333 g/mol. The molecule has 4 nitrogen and oxygen atoms in total. The monoisotopic (exact) mass is 332 g/mol. The Labute approximate surface area is 97.5 Å². The minimum atomic E-state index is -0.708. The normalized spacial score (nSPS) is 9.77. The molecule has 0 saturated carbocycles. The smallest absolute Gasteiger partial charge is 0.162 e. The number of nitrogens with zero attached hydrogens (tertiary/aromatic N) is 1. The first-order valence-electron chi connectivity index (χ1n) is 3.06. The molecule has 0 aromatic heterocycles. The molecular weight excluding hydrogens is 330 g/mol. The highest BCUT2D eigenvalue weighted by molar-refractivity contribution is 14.1. The standard InChI is InChI=1S/C6H3Cl2IN2O2/c7-4-1-3(9)2-5(8)6(4)10-11(12)13/h1-2,10H. The van der Waals surface area contributed by atoms with E-state index in [1.54, 1.807) is 12.1 Å². The summed E-state index contributed by atoms with van der Waals surface area (Å²) in [5, 5.41) is 9.89. The van der Waals surface area contributed by atoms with Gasteiger partial charge in [0.05, 0.1) is 10.0 Å². The van der Waals surface area contributed by atoms with E-state index in [9.17, 15) is 10.1 Å². The Morgan fingerprint density at radius 2 is 1.85 bits per heavy atom. The molecular formula is C6H3Cl2IN2O2. The van der Waals surface area contributed by atoms with Crippen LogP contribution in [0.15, 0.2) is 12.1 Å². The van der Waals surface area contributed by atoms with Gasteiger partial charge in [-0.05, 0) is 34.7 Å². The molecule has 0 aliphatic heterocycles. The maximum atomic E-state index is 10.1. The number of halogens is 3. The fraction of sp³-hybridized carbons (Fsp3) is 0. The quantitative estimate of drug-likeness (QED) is 0.514. The van der Waals surface area contributed by atoms with E-state index in [2.05, 4.69) is 0 Å². The maximum Gasteiger partial charge on any atom is 0.162 e. The van der Waals surface area contributed by atoms with Crippen LogP contribution < -0.4 is 5.43 Å². The van der Waals surface area contributed by atoms with Gasteiger partial charge < -0.3 is 0 Å². The van der Waals surface area contributed by atoms with Gasteiger partial charge in [-0.2, -0.15) is 0 Å². The number of hydrogen-bond acceptors (Lipinski definition) is 2. The Kier molecular flexibility index (Phi) is 3.57. The van der Waals surface area contributed by atoms with Crippen molar-refractivity contribution >= 4 is 51.5 Å². The van der Waals surface area contributed by atoms with Gasteiger partial charge in [0.25, 0.3) is 0 Å². The van der Waals surface area contributed by atoms with Crippen LogP contribution in [0.4, 0.5) is 5.69 Å². The lowest BCUT2D eigenvalue weighted by Gasteiger charge is -2.03. The summed E-state index contributed by atoms with van der Waals surface area (Å²) in [6, 6.07) is 3.17. The van der Waals surface area contributed by atoms with Gasteiger partial charge in [-0.15, -0.1) is 5.43 Å². The number of anilines is 1. The van der Waals surface area contributed by atoms with Crippen molar-refractivity contribution in [2.45, 2.75) is 0 Å². The molecule has 0 heterocycles. The van der Waals surface area contributed by atoms with Crippen molar-refractivity contribution in [3.05, 3.63) is 35.9 Å². The van der Waals surface area contributed by atoms with Gasteiger partial charge in [0.15, 0.2) is 5.03 Å². The molecule has 13 heavy (non-hydrogen) atoms. The lowest BCUT2D eigenvalue weighted by Crippen LogP contribution is -2.08. The van der Waals surface area contributed by atoms with E-state index in [0.29, 0.717) is 0 Å². The van der Waals surface area contributed by atoms with E-state index >= 15 is 0 Å². The number of hydrogen-bond donors (Lipinski definition) is 1. The zero-order valence-corrected chi connectivity index (χ0v) is 9.72. The van der Waals surface area contributed by atoms with Crippen molar-refractivity contribution < 1.29 is 5.03 Å². The van der Waals surface area contributed by atoms with E-state index in [1.807, 2.05) is 28.0 Å². The molecule has 0 atom stereocenters. The lowest BCUT2D eigenvalue weighted by atomic mass is 10.3. The van der Waals surface area contributed by atoms with E-state index in [4.69, 9.17) is 23.2 Å². The number of nitro groups is 1. The number of nitrogens with one attached hydrogen (secondary N) is 1. The van der Waals surface area contributed by atoms with Gasteiger partial charge in [-0.25, -0.2) is 10.1 Å². The number of rotatable bonds is 2. The summed E-state index contributed by atoms with van der Waals surface area (Å²) in [6.45, 7) is 0. The zero-order valence-electron chi connectivity index (χ0n) is 6.05. The van der Waals surface area contributed by atoms with Crippen molar-refractivity contribution in [3.63, 3.8) is 0 Å². The second kappa shape index (κ2) is 4.30. The molecule has 70 valence electrons. The van der Waals surface area contributed by atoms with Crippen LogP contribution in [0.3, 0.4) is 0 Å². The third-order valence-electron chi connectivity index (χ3n) is 1.21. The molecule has 0 aliphatic carbocycles. The number of benzene rings is 1. The van der Waals surface area contributed by atoms with Crippen LogP contribution in [0.2, 0.25) is 10.0 Å². The molecule has 0 fully saturated rings. The van der Waals surface area contributed by atoms with Crippen LogP contribution in [0.25, 0.3) is 0 Å². The van der Waals surface area contributed by atoms with Crippen molar-refractivity contribution in [1.29, 1.82) is 0 Å². The van der Waals surface area contributed by atoms with Crippen LogP contribution in [0.1, 0.15) is 0 Å². The molecule has 1 aromatic carbocycles. The molecule has 0 bridgehead atoms. The predicted octanol–water partition coefficient (Wildman–Crippen LogP) is 3.20. The molecule has 7 heteroatoms. The Hall–Kier alpha value is -0.270. The highest BCUT2D eigenvalue weighted by Gasteiger charge is 2.11. The summed E-state index contributed by atoms with van der Waals surface area (Å²) in [5.41, 5.74) is 2.04. The summed E-state index contributed by atoms with van der Waals surface area (Å²) in [6.07, 6.45) is 0. The Bertz CT molecular complexity index is 335. The van der Waals surface area contributed by atoms with E-state index in [-0.39, 0.29) is 15.7 Å². The van der Waals surface area contributed by atoms with Crippen LogP contribution in [0, 0.1) is 13.7 Å². The third-order valence-corrected chi connectivity index (χ3v) is 2.43. The molecule has 1 aromatic rings. The molecule has 1 N–H and O–H groups in total. The first-order chi connectivity index (χ1) is 6.00. The predicted molar refractivity (Wildman–Crippen MR) is 59.8 cm³/mol. The van der Waals surface area contributed by atoms with Crippen molar-refractivity contribution in [1.82, 2.24) is 0 Å². The highest BCUT2D eigenvalue weighted by Crippen LogP contribution is 2.32. The van der Waals surface area contributed by atoms with Crippen LogP contribution in [0.5, 0.6) is 0 Å². The summed E-state index contributed by atoms with van der Waals surface area (Å²) < 4.78 is 0.821. The minimum absolute atomic E-state index is 0.119.